The zero-order valence-corrected chi connectivity index (χ0v) is 13.9. The molecule has 2 N–H and O–H groups in total. The summed E-state index contributed by atoms with van der Waals surface area (Å²) >= 11 is 0. The van der Waals surface area contributed by atoms with Crippen molar-refractivity contribution in [3.63, 3.8) is 0 Å². The predicted molar refractivity (Wildman–Crippen MR) is 81.7 cm³/mol. The van der Waals surface area contributed by atoms with E-state index >= 15 is 0 Å². The first-order chi connectivity index (χ1) is 11.3. The number of hydrogen-bond acceptors (Lipinski definition) is 7. The molecular formula is C17H23NO6. The molecule has 2 saturated carbocycles. The molecule has 7 heteroatoms. The summed E-state index contributed by atoms with van der Waals surface area (Å²) in [6, 6.07) is 0. The zero-order chi connectivity index (χ0) is 17.6. The summed E-state index contributed by atoms with van der Waals surface area (Å²) in [5.74, 6) is -2.18. The Morgan fingerprint density at radius 1 is 1.38 bits per heavy atom. The lowest BCUT2D eigenvalue weighted by atomic mass is 9.77. The lowest BCUT2D eigenvalue weighted by molar-refractivity contribution is -0.151. The molecule has 7 atom stereocenters. The summed E-state index contributed by atoms with van der Waals surface area (Å²) in [7, 11) is 0. The van der Waals surface area contributed by atoms with Crippen molar-refractivity contribution >= 4 is 17.7 Å². The zero-order valence-electron chi connectivity index (χ0n) is 13.9. The fraction of sp³-hybridized carbons (Fsp3) is 0.706. The van der Waals surface area contributed by atoms with Gasteiger partial charge in [-0.05, 0) is 5.92 Å². The largest absolute Gasteiger partial charge is 0.462 e. The van der Waals surface area contributed by atoms with E-state index in [9.17, 15) is 14.4 Å². The number of carbonyl (C=O) groups is 3. The second kappa shape index (κ2) is 6.29. The Morgan fingerprint density at radius 2 is 2.08 bits per heavy atom. The third-order valence-corrected chi connectivity index (χ3v) is 5.79. The Hall–Kier alpha value is -1.73. The van der Waals surface area contributed by atoms with Gasteiger partial charge in [-0.25, -0.2) is 5.48 Å². The minimum atomic E-state index is -0.626. The fourth-order valence-corrected chi connectivity index (χ4v) is 4.72. The van der Waals surface area contributed by atoms with E-state index in [2.05, 4.69) is 6.58 Å². The topological polar surface area (TPSA) is 102 Å². The molecule has 7 nitrogen and oxygen atoms in total. The number of hydrogen-bond donors (Lipinski definition) is 2. The second-order valence-electron chi connectivity index (χ2n) is 7.10. The third-order valence-electron chi connectivity index (χ3n) is 5.79. The van der Waals surface area contributed by atoms with Crippen molar-refractivity contribution in [3.05, 3.63) is 12.2 Å². The first-order valence-electron chi connectivity index (χ1n) is 8.30. The van der Waals surface area contributed by atoms with Crippen LogP contribution in [0.15, 0.2) is 12.2 Å². The summed E-state index contributed by atoms with van der Waals surface area (Å²) < 4.78 is 11.1. The van der Waals surface area contributed by atoms with E-state index in [1.807, 2.05) is 12.4 Å². The Morgan fingerprint density at radius 3 is 2.71 bits per heavy atom. The average molecular weight is 337 g/mol. The smallest absolute Gasteiger partial charge is 0.311 e. The van der Waals surface area contributed by atoms with Crippen LogP contribution in [0.4, 0.5) is 0 Å². The van der Waals surface area contributed by atoms with Crippen LogP contribution in [0.3, 0.4) is 0 Å². The summed E-state index contributed by atoms with van der Waals surface area (Å²) in [6.07, 6.45) is -0.259. The van der Waals surface area contributed by atoms with Crippen molar-refractivity contribution in [2.24, 2.45) is 29.6 Å². The van der Waals surface area contributed by atoms with E-state index in [1.54, 1.807) is 0 Å². The molecule has 2 unspecified atom stereocenters. The standard InChI is InChI=1S/C17H23NO6/c1-7-4-13(23-9(3)19)15-11(6-18-22)17(21)24-16(15)14-8(2)12(20)5-10(7)14/h8,10-11,13-16,18,22H,1,4-6H2,2-3H3/t8-,10+,11?,13+,14+,15?,16-/m1/s1. The van der Waals surface area contributed by atoms with Crippen molar-refractivity contribution in [3.8, 4) is 0 Å². The number of fused-ring (bicyclic) bond motifs is 3. The van der Waals surface area contributed by atoms with Crippen LogP contribution in [-0.4, -0.2) is 41.7 Å². The second-order valence-corrected chi connectivity index (χ2v) is 7.10. The molecule has 3 rings (SSSR count). The SMILES string of the molecule is C=C1C[C@H](OC(C)=O)C2C(CNO)C(=O)O[C@@H]2[C@H]2[C@H](C)C(=O)C[C@@H]12. The van der Waals surface area contributed by atoms with Crippen LogP contribution in [0.25, 0.3) is 0 Å². The monoisotopic (exact) mass is 337 g/mol. The summed E-state index contributed by atoms with van der Waals surface area (Å²) in [6.45, 7) is 7.31. The van der Waals surface area contributed by atoms with Crippen LogP contribution >= 0.6 is 0 Å². The highest BCUT2D eigenvalue weighted by Gasteiger charge is 2.59. The highest BCUT2D eigenvalue weighted by Crippen LogP contribution is 2.52. The van der Waals surface area contributed by atoms with E-state index in [-0.39, 0.29) is 30.1 Å². The normalized spacial score (nSPS) is 41.5. The highest BCUT2D eigenvalue weighted by atomic mass is 16.6. The number of carbonyl (C=O) groups excluding carboxylic acids is 3. The van der Waals surface area contributed by atoms with Gasteiger partial charge >= 0.3 is 11.9 Å². The highest BCUT2D eigenvalue weighted by molar-refractivity contribution is 5.85. The number of ether oxygens (including phenoxy) is 2. The molecule has 0 spiro atoms. The molecule has 1 heterocycles. The van der Waals surface area contributed by atoms with Crippen molar-refractivity contribution < 1.29 is 29.1 Å². The van der Waals surface area contributed by atoms with Gasteiger partial charge in [-0.15, -0.1) is 0 Å². The molecular weight excluding hydrogens is 314 g/mol. The van der Waals surface area contributed by atoms with Crippen LogP contribution in [0.1, 0.15) is 26.7 Å². The minimum absolute atomic E-state index is 0.0178. The van der Waals surface area contributed by atoms with Gasteiger partial charge in [0.1, 0.15) is 18.0 Å². The Labute approximate surface area is 140 Å². The molecule has 1 aliphatic heterocycles. The van der Waals surface area contributed by atoms with Gasteiger partial charge in [-0.3, -0.25) is 14.4 Å². The summed E-state index contributed by atoms with van der Waals surface area (Å²) in [5.41, 5.74) is 2.89. The van der Waals surface area contributed by atoms with Crippen molar-refractivity contribution in [1.29, 1.82) is 0 Å². The minimum Gasteiger partial charge on any atom is -0.462 e. The van der Waals surface area contributed by atoms with E-state index in [4.69, 9.17) is 14.7 Å². The molecule has 24 heavy (non-hydrogen) atoms. The van der Waals surface area contributed by atoms with Crippen molar-refractivity contribution in [2.45, 2.75) is 38.9 Å². The molecule has 0 bridgehead atoms. The lowest BCUT2D eigenvalue weighted by Crippen LogP contribution is -2.41. The maximum atomic E-state index is 12.3. The molecule has 3 aliphatic rings. The molecule has 0 aromatic rings. The number of hydroxylamine groups is 1. The van der Waals surface area contributed by atoms with Gasteiger partial charge in [0.2, 0.25) is 0 Å². The molecule has 1 saturated heterocycles. The van der Waals surface area contributed by atoms with E-state index < -0.39 is 36.0 Å². The molecule has 2 aliphatic carbocycles. The summed E-state index contributed by atoms with van der Waals surface area (Å²) in [5, 5.41) is 9.07. The van der Waals surface area contributed by atoms with Gasteiger partial charge in [0.25, 0.3) is 0 Å². The van der Waals surface area contributed by atoms with Crippen LogP contribution < -0.4 is 5.48 Å². The first-order valence-corrected chi connectivity index (χ1v) is 8.30. The van der Waals surface area contributed by atoms with Crippen LogP contribution in [0.5, 0.6) is 0 Å². The Balaban J connectivity index is 2.01. The number of nitrogens with one attached hydrogen (secondary N) is 1. The maximum absolute atomic E-state index is 12.3. The van der Waals surface area contributed by atoms with Gasteiger partial charge in [-0.1, -0.05) is 19.1 Å². The number of rotatable bonds is 3. The van der Waals surface area contributed by atoms with E-state index in [0.717, 1.165) is 5.57 Å². The van der Waals surface area contributed by atoms with Crippen LogP contribution in [0.2, 0.25) is 0 Å². The fourth-order valence-electron chi connectivity index (χ4n) is 4.72. The number of ketones is 1. The Kier molecular flexibility index (Phi) is 4.48. The van der Waals surface area contributed by atoms with Gasteiger partial charge in [-0.2, -0.15) is 0 Å². The van der Waals surface area contributed by atoms with E-state index in [0.29, 0.717) is 12.8 Å². The van der Waals surface area contributed by atoms with Gasteiger partial charge < -0.3 is 14.7 Å². The van der Waals surface area contributed by atoms with E-state index in [1.165, 1.54) is 6.92 Å². The van der Waals surface area contributed by atoms with Crippen molar-refractivity contribution in [2.75, 3.05) is 6.54 Å². The molecule has 3 fully saturated rings. The molecule has 0 aromatic carbocycles. The lowest BCUT2D eigenvalue weighted by Gasteiger charge is -2.30. The van der Waals surface area contributed by atoms with Crippen LogP contribution in [-0.2, 0) is 23.9 Å². The van der Waals surface area contributed by atoms with Crippen LogP contribution in [0, 0.1) is 29.6 Å². The van der Waals surface area contributed by atoms with Gasteiger partial charge in [0.05, 0.1) is 5.92 Å². The maximum Gasteiger partial charge on any atom is 0.311 e. The third kappa shape index (κ3) is 2.65. The number of esters is 2. The summed E-state index contributed by atoms with van der Waals surface area (Å²) in [4.78, 5) is 36.1. The molecule has 0 aromatic heterocycles. The molecule has 0 radical (unpaired) electrons. The first kappa shape index (κ1) is 17.1. The van der Waals surface area contributed by atoms with Gasteiger partial charge in [0, 0.05) is 44.1 Å². The average Bonchev–Trinajstić information content (AvgIpc) is 2.93. The predicted octanol–water partition coefficient (Wildman–Crippen LogP) is 0.856. The number of Topliss-reactive ketones (excluding diaryl/α,β-unsaturated/α-hetero) is 1. The van der Waals surface area contributed by atoms with Crippen molar-refractivity contribution in [1.82, 2.24) is 5.48 Å². The Bertz CT molecular complexity index is 588. The molecule has 0 amide bonds. The molecule has 132 valence electrons. The van der Waals surface area contributed by atoms with Gasteiger partial charge in [0.15, 0.2) is 0 Å². The quantitative estimate of drug-likeness (QED) is 0.447.